The number of benzene rings is 2. The molecule has 0 aliphatic carbocycles. The molecule has 0 aliphatic rings. The standard InChI is InChI=1S/C34H56N2/c1-21(2)25-17-15-18-26(22(3)4)29(25)35-31(33(9,10)11)32(34(12,13)14)36-30-27(23(5)6)19-16-20-28(30)24(7)8/h15-24,31-32,35-36H,1-14H3/t31-,32-/m0/s1. The largest absolute Gasteiger partial charge is 0.379 e. The van der Waals surface area contributed by atoms with Crippen LogP contribution in [0.25, 0.3) is 0 Å². The lowest BCUT2D eigenvalue weighted by Crippen LogP contribution is -2.54. The summed E-state index contributed by atoms with van der Waals surface area (Å²) in [6, 6.07) is 14.1. The van der Waals surface area contributed by atoms with Gasteiger partial charge in [-0.25, -0.2) is 0 Å². The maximum atomic E-state index is 4.18. The molecule has 0 aliphatic heterocycles. The van der Waals surface area contributed by atoms with Gasteiger partial charge in [0.25, 0.3) is 0 Å². The summed E-state index contributed by atoms with van der Waals surface area (Å²) < 4.78 is 0. The summed E-state index contributed by atoms with van der Waals surface area (Å²) in [4.78, 5) is 0. The lowest BCUT2D eigenvalue weighted by Gasteiger charge is -2.46. The highest BCUT2D eigenvalue weighted by atomic mass is 15.1. The maximum absolute atomic E-state index is 4.18. The van der Waals surface area contributed by atoms with Crippen LogP contribution in [0.2, 0.25) is 0 Å². The van der Waals surface area contributed by atoms with Crippen molar-refractivity contribution in [2.45, 2.75) is 133 Å². The number of para-hydroxylation sites is 2. The second-order valence-electron chi connectivity index (χ2n) is 14.2. The monoisotopic (exact) mass is 492 g/mol. The Bertz CT molecular complexity index is 849. The van der Waals surface area contributed by atoms with Gasteiger partial charge in [-0.3, -0.25) is 0 Å². The molecular weight excluding hydrogens is 436 g/mol. The van der Waals surface area contributed by atoms with Crippen LogP contribution in [0.4, 0.5) is 11.4 Å². The number of anilines is 2. The zero-order chi connectivity index (χ0) is 27.6. The average Bonchev–Trinajstić information content (AvgIpc) is 2.73. The molecule has 2 N–H and O–H groups in total. The molecule has 0 radical (unpaired) electrons. The van der Waals surface area contributed by atoms with Crippen molar-refractivity contribution in [3.63, 3.8) is 0 Å². The topological polar surface area (TPSA) is 24.1 Å². The molecule has 0 saturated heterocycles. The van der Waals surface area contributed by atoms with Gasteiger partial charge in [0.1, 0.15) is 0 Å². The molecular formula is C34H56N2. The zero-order valence-corrected chi connectivity index (χ0v) is 25.9. The van der Waals surface area contributed by atoms with E-state index >= 15 is 0 Å². The van der Waals surface area contributed by atoms with E-state index in [0.717, 1.165) is 0 Å². The molecule has 2 aromatic rings. The minimum atomic E-state index is 0.0358. The van der Waals surface area contributed by atoms with Gasteiger partial charge in [-0.2, -0.15) is 0 Å². The lowest BCUT2D eigenvalue weighted by atomic mass is 9.71. The molecule has 0 aromatic heterocycles. The van der Waals surface area contributed by atoms with Crippen LogP contribution in [0.3, 0.4) is 0 Å². The predicted molar refractivity (Wildman–Crippen MR) is 163 cm³/mol. The van der Waals surface area contributed by atoms with Gasteiger partial charge in [0.05, 0.1) is 12.1 Å². The summed E-state index contributed by atoms with van der Waals surface area (Å²) in [5, 5.41) is 8.36. The Balaban J connectivity index is 2.74. The second-order valence-corrected chi connectivity index (χ2v) is 14.2. The second kappa shape index (κ2) is 11.6. The predicted octanol–water partition coefficient (Wildman–Crippen LogP) is 10.5. The van der Waals surface area contributed by atoms with Crippen LogP contribution in [0.15, 0.2) is 36.4 Å². The molecule has 0 unspecified atom stereocenters. The highest BCUT2D eigenvalue weighted by molar-refractivity contribution is 5.63. The highest BCUT2D eigenvalue weighted by Crippen LogP contribution is 2.41. The van der Waals surface area contributed by atoms with Gasteiger partial charge in [-0.15, -0.1) is 0 Å². The summed E-state index contributed by atoms with van der Waals surface area (Å²) in [7, 11) is 0. The lowest BCUT2D eigenvalue weighted by molar-refractivity contribution is 0.220. The fourth-order valence-corrected chi connectivity index (χ4v) is 5.35. The number of hydrogen-bond acceptors (Lipinski definition) is 2. The Morgan fingerprint density at radius 3 is 0.833 bits per heavy atom. The Labute approximate surface area is 224 Å². The average molecular weight is 493 g/mol. The van der Waals surface area contributed by atoms with Crippen LogP contribution in [0.5, 0.6) is 0 Å². The van der Waals surface area contributed by atoms with E-state index in [1.165, 1.54) is 33.6 Å². The van der Waals surface area contributed by atoms with Crippen molar-refractivity contribution in [3.05, 3.63) is 58.7 Å². The van der Waals surface area contributed by atoms with E-state index < -0.39 is 0 Å². The Hall–Kier alpha value is -1.96. The first-order valence-corrected chi connectivity index (χ1v) is 14.2. The highest BCUT2D eigenvalue weighted by Gasteiger charge is 2.40. The van der Waals surface area contributed by atoms with Crippen molar-refractivity contribution in [2.75, 3.05) is 10.6 Å². The van der Waals surface area contributed by atoms with Crippen molar-refractivity contribution in [2.24, 2.45) is 10.8 Å². The normalized spacial score (nSPS) is 14.6. The summed E-state index contributed by atoms with van der Waals surface area (Å²) in [5.41, 5.74) is 8.38. The molecule has 0 saturated carbocycles. The molecule has 2 nitrogen and oxygen atoms in total. The van der Waals surface area contributed by atoms with Gasteiger partial charge < -0.3 is 10.6 Å². The van der Waals surface area contributed by atoms with Crippen LogP contribution in [0, 0.1) is 10.8 Å². The van der Waals surface area contributed by atoms with Gasteiger partial charge >= 0.3 is 0 Å². The Kier molecular flexibility index (Phi) is 9.76. The quantitative estimate of drug-likeness (QED) is 0.364. The molecule has 2 atom stereocenters. The molecule has 0 amide bonds. The number of nitrogens with one attached hydrogen (secondary N) is 2. The summed E-state index contributed by atoms with van der Waals surface area (Å²) in [6.45, 7) is 32.8. The van der Waals surface area contributed by atoms with Crippen molar-refractivity contribution in [3.8, 4) is 0 Å². The van der Waals surface area contributed by atoms with E-state index in [1.54, 1.807) is 0 Å². The summed E-state index contributed by atoms with van der Waals surface area (Å²) in [6.07, 6.45) is 0. The molecule has 0 bridgehead atoms. The van der Waals surface area contributed by atoms with Crippen molar-refractivity contribution < 1.29 is 0 Å². The zero-order valence-electron chi connectivity index (χ0n) is 25.9. The first-order chi connectivity index (χ1) is 16.5. The van der Waals surface area contributed by atoms with E-state index in [1.807, 2.05) is 0 Å². The van der Waals surface area contributed by atoms with E-state index in [0.29, 0.717) is 23.7 Å². The summed E-state index contributed by atoms with van der Waals surface area (Å²) >= 11 is 0. The van der Waals surface area contributed by atoms with Crippen molar-refractivity contribution in [1.29, 1.82) is 0 Å². The minimum absolute atomic E-state index is 0.0358. The number of hydrogen-bond donors (Lipinski definition) is 2. The molecule has 0 fully saturated rings. The van der Waals surface area contributed by atoms with Gasteiger partial charge in [-0.05, 0) is 56.8 Å². The van der Waals surface area contributed by atoms with Gasteiger partial charge in [-0.1, -0.05) is 133 Å². The first-order valence-electron chi connectivity index (χ1n) is 14.2. The summed E-state index contributed by atoms with van der Waals surface area (Å²) in [5.74, 6) is 1.84. The third kappa shape index (κ3) is 7.08. The molecule has 36 heavy (non-hydrogen) atoms. The fraction of sp³-hybridized carbons (Fsp3) is 0.647. The van der Waals surface area contributed by atoms with Crippen LogP contribution in [0.1, 0.15) is 143 Å². The first kappa shape index (κ1) is 30.3. The molecule has 2 aromatic carbocycles. The third-order valence-corrected chi connectivity index (χ3v) is 7.54. The SMILES string of the molecule is CC(C)c1cccc(C(C)C)c1N[C@@H]([C@H](Nc1c(C(C)C)cccc1C(C)C)C(C)(C)C)C(C)(C)C. The van der Waals surface area contributed by atoms with Crippen molar-refractivity contribution >= 4 is 11.4 Å². The number of rotatable bonds is 9. The Morgan fingerprint density at radius 2 is 0.667 bits per heavy atom. The van der Waals surface area contributed by atoms with E-state index in [2.05, 4.69) is 144 Å². The molecule has 2 heteroatoms. The fourth-order valence-electron chi connectivity index (χ4n) is 5.35. The minimum Gasteiger partial charge on any atom is -0.379 e. The van der Waals surface area contributed by atoms with Crippen LogP contribution in [-0.4, -0.2) is 12.1 Å². The van der Waals surface area contributed by atoms with E-state index in [-0.39, 0.29) is 22.9 Å². The molecule has 0 spiro atoms. The molecule has 2 rings (SSSR count). The maximum Gasteiger partial charge on any atom is 0.0516 e. The Morgan fingerprint density at radius 1 is 0.444 bits per heavy atom. The smallest absolute Gasteiger partial charge is 0.0516 e. The van der Waals surface area contributed by atoms with Crippen LogP contribution >= 0.6 is 0 Å². The molecule has 0 heterocycles. The van der Waals surface area contributed by atoms with E-state index in [9.17, 15) is 0 Å². The third-order valence-electron chi connectivity index (χ3n) is 7.54. The van der Waals surface area contributed by atoms with E-state index in [4.69, 9.17) is 0 Å². The van der Waals surface area contributed by atoms with Gasteiger partial charge in [0.15, 0.2) is 0 Å². The van der Waals surface area contributed by atoms with Gasteiger partial charge in [0, 0.05) is 11.4 Å². The van der Waals surface area contributed by atoms with Gasteiger partial charge in [0.2, 0.25) is 0 Å². The van der Waals surface area contributed by atoms with Crippen molar-refractivity contribution in [1.82, 2.24) is 0 Å². The van der Waals surface area contributed by atoms with Crippen LogP contribution < -0.4 is 10.6 Å². The molecule has 202 valence electrons. The van der Waals surface area contributed by atoms with Crippen LogP contribution in [-0.2, 0) is 0 Å².